The highest BCUT2D eigenvalue weighted by Gasteiger charge is 2.06. The lowest BCUT2D eigenvalue weighted by atomic mass is 10.1. The van der Waals surface area contributed by atoms with Crippen LogP contribution in [0.15, 0.2) is 46.0 Å². The van der Waals surface area contributed by atoms with Gasteiger partial charge in [-0.15, -0.1) is 11.8 Å². The van der Waals surface area contributed by atoms with Crippen LogP contribution in [0.3, 0.4) is 0 Å². The average molecular weight is 338 g/mol. The van der Waals surface area contributed by atoms with Crippen molar-refractivity contribution in [1.82, 2.24) is 4.98 Å². The molecule has 0 bridgehead atoms. The Hall–Kier alpha value is -1.33. The maximum Gasteiger partial charge on any atom is 0.150 e. The van der Waals surface area contributed by atoms with Crippen molar-refractivity contribution >= 4 is 34.0 Å². The van der Waals surface area contributed by atoms with E-state index >= 15 is 0 Å². The van der Waals surface area contributed by atoms with Crippen LogP contribution in [0.1, 0.15) is 15.9 Å². The molecule has 0 radical (unpaired) electrons. The number of carbonyl (C=O) groups is 1. The molecule has 2 aromatic rings. The fourth-order valence-electron chi connectivity index (χ4n) is 1.58. The number of halogens is 1. The Balaban J connectivity index is 2.13. The minimum absolute atomic E-state index is 0.653. The van der Waals surface area contributed by atoms with Crippen molar-refractivity contribution in [2.75, 3.05) is 7.11 Å². The summed E-state index contributed by atoms with van der Waals surface area (Å²) >= 11 is 4.96. The molecule has 0 unspecified atom stereocenters. The lowest BCUT2D eigenvalue weighted by Crippen LogP contribution is -1.93. The number of carbonyl (C=O) groups excluding carboxylic acids is 1. The number of ether oxygens (including phenoxy) is 1. The highest BCUT2D eigenvalue weighted by Crippen LogP contribution is 2.28. The van der Waals surface area contributed by atoms with E-state index in [4.69, 9.17) is 4.74 Å². The van der Waals surface area contributed by atoms with E-state index in [0.717, 1.165) is 27.1 Å². The van der Waals surface area contributed by atoms with Crippen LogP contribution in [0.2, 0.25) is 0 Å². The fourth-order valence-corrected chi connectivity index (χ4v) is 2.64. The largest absolute Gasteiger partial charge is 0.496 e. The van der Waals surface area contributed by atoms with Gasteiger partial charge in [-0.1, -0.05) is 0 Å². The molecule has 0 N–H and O–H groups in total. The van der Waals surface area contributed by atoms with Gasteiger partial charge in [-0.3, -0.25) is 4.79 Å². The van der Waals surface area contributed by atoms with Crippen LogP contribution < -0.4 is 4.74 Å². The van der Waals surface area contributed by atoms with Gasteiger partial charge in [-0.05, 0) is 46.3 Å². The van der Waals surface area contributed by atoms with Crippen LogP contribution >= 0.6 is 27.7 Å². The number of rotatable bonds is 5. The smallest absolute Gasteiger partial charge is 0.150 e. The summed E-state index contributed by atoms with van der Waals surface area (Å²) in [6.07, 6.45) is 2.60. The fraction of sp³-hybridized carbons (Fsp3) is 0.143. The number of benzene rings is 1. The van der Waals surface area contributed by atoms with Crippen molar-refractivity contribution in [3.05, 3.63) is 52.1 Å². The lowest BCUT2D eigenvalue weighted by Gasteiger charge is -2.08. The number of hydrogen-bond donors (Lipinski definition) is 0. The van der Waals surface area contributed by atoms with Gasteiger partial charge in [-0.25, -0.2) is 4.98 Å². The molecule has 98 valence electrons. The summed E-state index contributed by atoms with van der Waals surface area (Å²) in [4.78, 5) is 15.1. The number of aromatic nitrogens is 1. The first-order valence-electron chi connectivity index (χ1n) is 5.59. The van der Waals surface area contributed by atoms with E-state index in [1.807, 2.05) is 24.3 Å². The second-order valence-electron chi connectivity index (χ2n) is 3.79. The number of aldehydes is 1. The van der Waals surface area contributed by atoms with Crippen molar-refractivity contribution in [3.63, 3.8) is 0 Å². The minimum Gasteiger partial charge on any atom is -0.496 e. The molecular formula is C14H12BrNO2S. The molecule has 1 aromatic carbocycles. The molecule has 3 nitrogen and oxygen atoms in total. The predicted octanol–water partition coefficient (Wildman–Crippen LogP) is 3.96. The van der Waals surface area contributed by atoms with Crippen LogP contribution in [-0.4, -0.2) is 18.4 Å². The molecule has 0 amide bonds. The molecular weight excluding hydrogens is 326 g/mol. The normalized spacial score (nSPS) is 10.2. The van der Waals surface area contributed by atoms with E-state index < -0.39 is 0 Å². The Bertz CT molecular complexity index is 572. The molecule has 1 heterocycles. The number of thioether (sulfide) groups is 1. The predicted molar refractivity (Wildman–Crippen MR) is 79.9 cm³/mol. The second-order valence-corrected chi connectivity index (χ2v) is 5.70. The summed E-state index contributed by atoms with van der Waals surface area (Å²) in [5.74, 6) is 1.50. The number of methoxy groups -OCH3 is 1. The van der Waals surface area contributed by atoms with E-state index in [0.29, 0.717) is 11.3 Å². The Kier molecular flexibility index (Phi) is 4.99. The summed E-state index contributed by atoms with van der Waals surface area (Å²) < 4.78 is 6.25. The molecule has 0 saturated carbocycles. The van der Waals surface area contributed by atoms with Gasteiger partial charge in [0.25, 0.3) is 0 Å². The first kappa shape index (κ1) is 14.1. The molecule has 19 heavy (non-hydrogen) atoms. The first-order valence-corrected chi connectivity index (χ1v) is 7.37. The maximum absolute atomic E-state index is 10.8. The van der Waals surface area contributed by atoms with Crippen LogP contribution in [-0.2, 0) is 5.75 Å². The van der Waals surface area contributed by atoms with E-state index in [1.165, 1.54) is 0 Å². The Morgan fingerprint density at radius 3 is 2.84 bits per heavy atom. The number of pyridine rings is 1. The van der Waals surface area contributed by atoms with Gasteiger partial charge in [-0.2, -0.15) is 0 Å². The molecule has 0 fully saturated rings. The highest BCUT2D eigenvalue weighted by molar-refractivity contribution is 9.10. The summed E-state index contributed by atoms with van der Waals surface area (Å²) in [6, 6.07) is 9.31. The van der Waals surface area contributed by atoms with Crippen LogP contribution in [0.4, 0.5) is 0 Å². The molecule has 2 rings (SSSR count). The Morgan fingerprint density at radius 1 is 1.37 bits per heavy atom. The number of hydrogen-bond acceptors (Lipinski definition) is 4. The van der Waals surface area contributed by atoms with E-state index in [2.05, 4.69) is 20.9 Å². The van der Waals surface area contributed by atoms with Crippen molar-refractivity contribution in [2.45, 2.75) is 10.8 Å². The molecule has 0 aliphatic carbocycles. The Labute approximate surface area is 124 Å². The molecule has 0 saturated heterocycles. The monoisotopic (exact) mass is 337 g/mol. The van der Waals surface area contributed by atoms with Crippen molar-refractivity contribution in [1.29, 1.82) is 0 Å². The average Bonchev–Trinajstić information content (AvgIpc) is 2.46. The highest BCUT2D eigenvalue weighted by atomic mass is 79.9. The summed E-state index contributed by atoms with van der Waals surface area (Å²) in [7, 11) is 1.63. The van der Waals surface area contributed by atoms with Crippen LogP contribution in [0.5, 0.6) is 5.75 Å². The molecule has 0 spiro atoms. The van der Waals surface area contributed by atoms with Gasteiger partial charge in [0.1, 0.15) is 12.0 Å². The summed E-state index contributed by atoms with van der Waals surface area (Å²) in [5.41, 5.74) is 1.64. The SMILES string of the molecule is COc1ccc(C=O)cc1CSc1ccc(Br)cn1. The van der Waals surface area contributed by atoms with E-state index in [-0.39, 0.29) is 0 Å². The molecule has 0 aliphatic heterocycles. The van der Waals surface area contributed by atoms with Crippen LogP contribution in [0, 0.1) is 0 Å². The summed E-state index contributed by atoms with van der Waals surface area (Å²) in [6.45, 7) is 0. The second kappa shape index (κ2) is 6.73. The third-order valence-electron chi connectivity index (χ3n) is 2.52. The van der Waals surface area contributed by atoms with Gasteiger partial charge in [0.2, 0.25) is 0 Å². The van der Waals surface area contributed by atoms with Gasteiger partial charge in [0, 0.05) is 27.5 Å². The maximum atomic E-state index is 10.8. The molecule has 1 aromatic heterocycles. The van der Waals surface area contributed by atoms with Gasteiger partial charge >= 0.3 is 0 Å². The van der Waals surface area contributed by atoms with Crippen molar-refractivity contribution in [3.8, 4) is 5.75 Å². The summed E-state index contributed by atoms with van der Waals surface area (Å²) in [5, 5.41) is 0.932. The molecule has 5 heteroatoms. The minimum atomic E-state index is 0.653. The third-order valence-corrected chi connectivity index (χ3v) is 3.98. The van der Waals surface area contributed by atoms with Crippen molar-refractivity contribution < 1.29 is 9.53 Å². The Morgan fingerprint density at radius 2 is 2.21 bits per heavy atom. The zero-order chi connectivity index (χ0) is 13.7. The van der Waals surface area contributed by atoms with Crippen molar-refractivity contribution in [2.24, 2.45) is 0 Å². The van der Waals surface area contributed by atoms with Crippen LogP contribution in [0.25, 0.3) is 0 Å². The lowest BCUT2D eigenvalue weighted by molar-refractivity contribution is 0.112. The van der Waals surface area contributed by atoms with E-state index in [1.54, 1.807) is 31.1 Å². The third kappa shape index (κ3) is 3.81. The first-order chi connectivity index (χ1) is 9.22. The zero-order valence-electron chi connectivity index (χ0n) is 10.3. The number of nitrogens with zero attached hydrogens (tertiary/aromatic N) is 1. The topological polar surface area (TPSA) is 39.2 Å². The standard InChI is InChI=1S/C14H12BrNO2S/c1-18-13-4-2-10(8-17)6-11(13)9-19-14-5-3-12(15)7-16-14/h2-8H,9H2,1H3. The van der Waals surface area contributed by atoms with Gasteiger partial charge in [0.05, 0.1) is 12.1 Å². The van der Waals surface area contributed by atoms with Gasteiger partial charge in [0.15, 0.2) is 0 Å². The quantitative estimate of drug-likeness (QED) is 0.611. The zero-order valence-corrected chi connectivity index (χ0v) is 12.7. The molecule has 0 aliphatic rings. The van der Waals surface area contributed by atoms with Gasteiger partial charge < -0.3 is 4.74 Å². The van der Waals surface area contributed by atoms with E-state index in [9.17, 15) is 4.79 Å². The molecule has 0 atom stereocenters.